The van der Waals surface area contributed by atoms with Gasteiger partial charge < -0.3 is 9.47 Å². The van der Waals surface area contributed by atoms with E-state index in [-0.39, 0.29) is 16.1 Å². The van der Waals surface area contributed by atoms with Crippen molar-refractivity contribution in [2.24, 2.45) is 0 Å². The van der Waals surface area contributed by atoms with Gasteiger partial charge in [0.2, 0.25) is 0 Å². The number of methoxy groups -OCH3 is 1. The molecule has 0 atom stereocenters. The van der Waals surface area contributed by atoms with Gasteiger partial charge in [0.1, 0.15) is 11.5 Å². The van der Waals surface area contributed by atoms with E-state index in [2.05, 4.69) is 15.6 Å². The topological polar surface area (TPSA) is 123 Å². The SMILES string of the molecule is CCOc1ccc(S(=O)(=O)Nc2ccc(C(=O)NNC(=O)c3ccc(OC)cc3)cc2)cc1. The third kappa shape index (κ3) is 6.23. The van der Waals surface area contributed by atoms with Gasteiger partial charge in [0, 0.05) is 16.8 Å². The number of carbonyl (C=O) groups excluding carboxylic acids is 2. The lowest BCUT2D eigenvalue weighted by atomic mass is 10.2. The molecule has 0 saturated heterocycles. The molecule has 33 heavy (non-hydrogen) atoms. The van der Waals surface area contributed by atoms with Crippen LogP contribution in [0.1, 0.15) is 27.6 Å². The summed E-state index contributed by atoms with van der Waals surface area (Å²) in [5, 5.41) is 0. The minimum atomic E-state index is -3.81. The molecule has 0 aromatic heterocycles. The summed E-state index contributed by atoms with van der Waals surface area (Å²) in [5.41, 5.74) is 5.49. The number of nitrogens with one attached hydrogen (secondary N) is 3. The Balaban J connectivity index is 1.58. The summed E-state index contributed by atoms with van der Waals surface area (Å²) < 4.78 is 37.9. The van der Waals surface area contributed by atoms with E-state index in [0.29, 0.717) is 23.7 Å². The summed E-state index contributed by atoms with van der Waals surface area (Å²) in [4.78, 5) is 24.5. The van der Waals surface area contributed by atoms with Crippen molar-refractivity contribution in [3.63, 3.8) is 0 Å². The van der Waals surface area contributed by atoms with Crippen LogP contribution in [0.25, 0.3) is 0 Å². The van der Waals surface area contributed by atoms with Crippen molar-refractivity contribution in [1.29, 1.82) is 0 Å². The summed E-state index contributed by atoms with van der Waals surface area (Å²) in [6.07, 6.45) is 0. The van der Waals surface area contributed by atoms with Gasteiger partial charge in [-0.25, -0.2) is 8.42 Å². The van der Waals surface area contributed by atoms with Crippen molar-refractivity contribution in [3.8, 4) is 11.5 Å². The van der Waals surface area contributed by atoms with Gasteiger partial charge in [-0.3, -0.25) is 25.2 Å². The summed E-state index contributed by atoms with van der Waals surface area (Å²) in [6, 6.07) is 18.2. The van der Waals surface area contributed by atoms with Crippen molar-refractivity contribution in [2.75, 3.05) is 18.4 Å². The molecule has 0 bridgehead atoms. The maximum Gasteiger partial charge on any atom is 0.269 e. The van der Waals surface area contributed by atoms with Crippen LogP contribution in [-0.4, -0.2) is 33.9 Å². The average Bonchev–Trinajstić information content (AvgIpc) is 2.83. The van der Waals surface area contributed by atoms with Crippen LogP contribution in [0.15, 0.2) is 77.7 Å². The molecular weight excluding hydrogens is 446 g/mol. The molecule has 0 saturated carbocycles. The molecule has 0 aliphatic carbocycles. The van der Waals surface area contributed by atoms with E-state index in [1.807, 2.05) is 6.92 Å². The van der Waals surface area contributed by atoms with Gasteiger partial charge in [0.05, 0.1) is 18.6 Å². The molecule has 0 unspecified atom stereocenters. The molecule has 2 amide bonds. The molecule has 3 aromatic rings. The van der Waals surface area contributed by atoms with Gasteiger partial charge in [-0.1, -0.05) is 0 Å². The molecule has 172 valence electrons. The Morgan fingerprint density at radius 2 is 1.24 bits per heavy atom. The van der Waals surface area contributed by atoms with Gasteiger partial charge in [-0.2, -0.15) is 0 Å². The number of anilines is 1. The van der Waals surface area contributed by atoms with E-state index in [9.17, 15) is 18.0 Å². The van der Waals surface area contributed by atoms with Gasteiger partial charge in [-0.05, 0) is 79.7 Å². The highest BCUT2D eigenvalue weighted by Crippen LogP contribution is 2.20. The van der Waals surface area contributed by atoms with Crippen LogP contribution >= 0.6 is 0 Å². The predicted octanol–water partition coefficient (Wildman–Crippen LogP) is 2.97. The minimum Gasteiger partial charge on any atom is -0.497 e. The van der Waals surface area contributed by atoms with Crippen LogP contribution in [0.4, 0.5) is 5.69 Å². The molecular formula is C23H23N3O6S. The number of benzene rings is 3. The Morgan fingerprint density at radius 3 is 1.73 bits per heavy atom. The number of hydrazine groups is 1. The first-order valence-corrected chi connectivity index (χ1v) is 11.4. The van der Waals surface area contributed by atoms with Crippen molar-refractivity contribution >= 4 is 27.5 Å². The van der Waals surface area contributed by atoms with Crippen LogP contribution in [0.2, 0.25) is 0 Å². The quantitative estimate of drug-likeness (QED) is 0.436. The third-order valence-electron chi connectivity index (χ3n) is 4.49. The highest BCUT2D eigenvalue weighted by Gasteiger charge is 2.15. The largest absolute Gasteiger partial charge is 0.497 e. The number of amides is 2. The van der Waals surface area contributed by atoms with Gasteiger partial charge in [0.15, 0.2) is 0 Å². The number of hydrogen-bond donors (Lipinski definition) is 3. The molecule has 0 aliphatic heterocycles. The van der Waals surface area contributed by atoms with E-state index in [1.54, 1.807) is 36.4 Å². The maximum atomic E-state index is 12.6. The lowest BCUT2D eigenvalue weighted by Crippen LogP contribution is -2.41. The van der Waals surface area contributed by atoms with E-state index >= 15 is 0 Å². The first-order valence-electron chi connectivity index (χ1n) is 9.93. The molecule has 3 aromatic carbocycles. The smallest absolute Gasteiger partial charge is 0.269 e. The zero-order chi connectivity index (χ0) is 23.8. The Bertz CT molecular complexity index is 1210. The number of hydrogen-bond acceptors (Lipinski definition) is 6. The predicted molar refractivity (Wildman–Crippen MR) is 123 cm³/mol. The summed E-state index contributed by atoms with van der Waals surface area (Å²) >= 11 is 0. The first-order chi connectivity index (χ1) is 15.8. The third-order valence-corrected chi connectivity index (χ3v) is 5.88. The monoisotopic (exact) mass is 469 g/mol. The molecule has 3 rings (SSSR count). The van der Waals surface area contributed by atoms with Crippen molar-refractivity contribution in [3.05, 3.63) is 83.9 Å². The Labute approximate surface area is 191 Å². The average molecular weight is 470 g/mol. The van der Waals surface area contributed by atoms with E-state index < -0.39 is 21.8 Å². The highest BCUT2D eigenvalue weighted by atomic mass is 32.2. The normalized spacial score (nSPS) is 10.7. The standard InChI is InChI=1S/C23H23N3O6S/c1-3-32-20-12-14-21(15-13-20)33(29,30)26-18-8-4-16(5-9-18)22(27)24-25-23(28)17-6-10-19(31-2)11-7-17/h4-15,26H,3H2,1-2H3,(H,24,27)(H,25,28). The molecule has 0 radical (unpaired) electrons. The maximum absolute atomic E-state index is 12.6. The zero-order valence-electron chi connectivity index (χ0n) is 18.0. The molecule has 0 spiro atoms. The number of carbonyl (C=O) groups is 2. The fourth-order valence-electron chi connectivity index (χ4n) is 2.79. The van der Waals surface area contributed by atoms with Crippen LogP contribution in [0.3, 0.4) is 0 Å². The molecule has 0 fully saturated rings. The fraction of sp³-hybridized carbons (Fsp3) is 0.130. The Hall–Kier alpha value is -4.05. The van der Waals surface area contributed by atoms with Gasteiger partial charge in [0.25, 0.3) is 21.8 Å². The second-order valence-corrected chi connectivity index (χ2v) is 8.41. The number of sulfonamides is 1. The van der Waals surface area contributed by atoms with E-state index in [4.69, 9.17) is 9.47 Å². The zero-order valence-corrected chi connectivity index (χ0v) is 18.8. The van der Waals surface area contributed by atoms with Crippen LogP contribution in [-0.2, 0) is 10.0 Å². The molecule has 9 nitrogen and oxygen atoms in total. The number of ether oxygens (including phenoxy) is 2. The van der Waals surface area contributed by atoms with Crippen LogP contribution < -0.4 is 25.0 Å². The Kier molecular flexibility index (Phi) is 7.52. The molecule has 0 heterocycles. The fourth-order valence-corrected chi connectivity index (χ4v) is 3.84. The van der Waals surface area contributed by atoms with Crippen molar-refractivity contribution in [2.45, 2.75) is 11.8 Å². The van der Waals surface area contributed by atoms with Gasteiger partial charge in [-0.15, -0.1) is 0 Å². The number of rotatable bonds is 8. The van der Waals surface area contributed by atoms with Crippen LogP contribution in [0, 0.1) is 0 Å². The molecule has 10 heteroatoms. The second kappa shape index (κ2) is 10.5. The highest BCUT2D eigenvalue weighted by molar-refractivity contribution is 7.92. The first kappa shape index (κ1) is 23.6. The van der Waals surface area contributed by atoms with Gasteiger partial charge >= 0.3 is 0 Å². The molecule has 3 N–H and O–H groups in total. The lowest BCUT2D eigenvalue weighted by Gasteiger charge is -2.10. The van der Waals surface area contributed by atoms with Crippen molar-refractivity contribution < 1.29 is 27.5 Å². The summed E-state index contributed by atoms with van der Waals surface area (Å²) in [7, 11) is -2.29. The molecule has 0 aliphatic rings. The van der Waals surface area contributed by atoms with E-state index in [0.717, 1.165) is 0 Å². The van der Waals surface area contributed by atoms with E-state index in [1.165, 1.54) is 43.5 Å². The lowest BCUT2D eigenvalue weighted by molar-refractivity contribution is 0.0846. The summed E-state index contributed by atoms with van der Waals surface area (Å²) in [6.45, 7) is 2.32. The van der Waals surface area contributed by atoms with Crippen LogP contribution in [0.5, 0.6) is 11.5 Å². The minimum absolute atomic E-state index is 0.0778. The second-order valence-electron chi connectivity index (χ2n) is 6.72. The van der Waals surface area contributed by atoms with Crippen molar-refractivity contribution in [1.82, 2.24) is 10.9 Å². The Morgan fingerprint density at radius 1 is 0.758 bits per heavy atom. The summed E-state index contributed by atoms with van der Waals surface area (Å²) in [5.74, 6) is 0.128.